The molecule has 0 unspecified atom stereocenters. The van der Waals surface area contributed by atoms with Gasteiger partial charge in [0.2, 0.25) is 0 Å². The third-order valence-corrected chi connectivity index (χ3v) is 4.24. The Kier molecular flexibility index (Phi) is 1.84. The van der Waals surface area contributed by atoms with Crippen LogP contribution in [0.1, 0.15) is 22.3 Å². The van der Waals surface area contributed by atoms with Gasteiger partial charge in [-0.25, -0.2) is 0 Å². The number of fused-ring (bicyclic) bond motifs is 5. The second-order valence-corrected chi connectivity index (χ2v) is 5.12. The van der Waals surface area contributed by atoms with Gasteiger partial charge < -0.3 is 5.11 Å². The molecule has 0 aliphatic carbocycles. The van der Waals surface area contributed by atoms with Gasteiger partial charge in [0.05, 0.1) is 12.7 Å². The molecule has 1 fully saturated rings. The summed E-state index contributed by atoms with van der Waals surface area (Å²) in [6.07, 6.45) is 5.10. The van der Waals surface area contributed by atoms with Gasteiger partial charge in [-0.15, -0.1) is 0 Å². The monoisotopic (exact) mass is 242 g/mol. The average Bonchev–Trinajstić information content (AvgIpc) is 2.83. The summed E-state index contributed by atoms with van der Waals surface area (Å²) in [7, 11) is 0. The molecule has 1 amide bonds. The third-order valence-electron chi connectivity index (χ3n) is 4.24. The fourth-order valence-electron chi connectivity index (χ4n) is 3.38. The fraction of sp³-hybridized carbons (Fsp3) is 0.357. The maximum atomic E-state index is 12.3. The molecule has 0 bridgehead atoms. The first kappa shape index (κ1) is 10.3. The van der Waals surface area contributed by atoms with Crippen LogP contribution in [0, 0.1) is 0 Å². The predicted molar refractivity (Wildman–Crippen MR) is 65.6 cm³/mol. The van der Waals surface area contributed by atoms with E-state index < -0.39 is 5.72 Å². The summed E-state index contributed by atoms with van der Waals surface area (Å²) in [5.74, 6) is -0.0594. The zero-order valence-electron chi connectivity index (χ0n) is 9.91. The molecule has 4 nitrogen and oxygen atoms in total. The van der Waals surface area contributed by atoms with Crippen molar-refractivity contribution < 1.29 is 9.90 Å². The van der Waals surface area contributed by atoms with Crippen molar-refractivity contribution in [2.75, 3.05) is 13.2 Å². The molecule has 2 atom stereocenters. The maximum Gasteiger partial charge on any atom is 0.257 e. The standard InChI is InChI=1S/C14H14N2O2/c17-13-10-5-1-2-6-11(10)14(18)12-7-3-4-8-15(12)9-16(13)14/h1-3,5-7,12,18H,4,8-9H2/t12-,14-/m1/s1. The van der Waals surface area contributed by atoms with Crippen molar-refractivity contribution in [3.8, 4) is 0 Å². The molecule has 3 aliphatic heterocycles. The summed E-state index contributed by atoms with van der Waals surface area (Å²) in [4.78, 5) is 16.1. The molecule has 3 heterocycles. The Hall–Kier alpha value is -1.65. The summed E-state index contributed by atoms with van der Waals surface area (Å²) in [6.45, 7) is 1.41. The molecule has 0 spiro atoms. The van der Waals surface area contributed by atoms with Crippen molar-refractivity contribution >= 4 is 5.91 Å². The Morgan fingerprint density at radius 3 is 3.06 bits per heavy atom. The lowest BCUT2D eigenvalue weighted by Gasteiger charge is -2.32. The van der Waals surface area contributed by atoms with Gasteiger partial charge in [0, 0.05) is 17.7 Å². The molecule has 18 heavy (non-hydrogen) atoms. The van der Waals surface area contributed by atoms with Crippen LogP contribution in [-0.4, -0.2) is 40.1 Å². The Labute approximate surface area is 105 Å². The van der Waals surface area contributed by atoms with E-state index in [0.29, 0.717) is 12.2 Å². The number of hydrogen-bond acceptors (Lipinski definition) is 3. The number of rotatable bonds is 0. The lowest BCUT2D eigenvalue weighted by atomic mass is 9.93. The average molecular weight is 242 g/mol. The first-order valence-corrected chi connectivity index (χ1v) is 6.27. The van der Waals surface area contributed by atoms with Gasteiger partial charge in [0.25, 0.3) is 5.91 Å². The second kappa shape index (κ2) is 3.22. The van der Waals surface area contributed by atoms with Crippen LogP contribution in [0.5, 0.6) is 0 Å². The molecular weight excluding hydrogens is 228 g/mol. The Morgan fingerprint density at radius 1 is 1.33 bits per heavy atom. The highest BCUT2D eigenvalue weighted by Gasteiger charge is 2.59. The van der Waals surface area contributed by atoms with Crippen LogP contribution in [0.2, 0.25) is 0 Å². The van der Waals surface area contributed by atoms with E-state index in [1.165, 1.54) is 0 Å². The topological polar surface area (TPSA) is 43.8 Å². The molecule has 0 radical (unpaired) electrons. The molecule has 1 aromatic rings. The molecule has 0 saturated carbocycles. The van der Waals surface area contributed by atoms with E-state index in [9.17, 15) is 9.90 Å². The Balaban J connectivity index is 1.94. The maximum absolute atomic E-state index is 12.3. The Bertz CT molecular complexity index is 569. The van der Waals surface area contributed by atoms with E-state index in [1.807, 2.05) is 24.3 Å². The lowest BCUT2D eigenvalue weighted by molar-refractivity contribution is -0.0649. The SMILES string of the molecule is O=C1c2ccccc2[C@@]2(O)[C@H]3C=CCCN3CN12. The fourth-order valence-corrected chi connectivity index (χ4v) is 3.38. The number of carbonyl (C=O) groups excluding carboxylic acids is 1. The minimum absolute atomic E-state index is 0.0594. The highest BCUT2D eigenvalue weighted by molar-refractivity contribution is 6.00. The molecule has 3 aliphatic rings. The molecule has 1 saturated heterocycles. The van der Waals surface area contributed by atoms with Gasteiger partial charge >= 0.3 is 0 Å². The number of carbonyl (C=O) groups is 1. The molecule has 4 heteroatoms. The van der Waals surface area contributed by atoms with Crippen LogP contribution in [0.3, 0.4) is 0 Å². The van der Waals surface area contributed by atoms with Crippen molar-refractivity contribution in [3.63, 3.8) is 0 Å². The lowest BCUT2D eigenvalue weighted by Crippen LogP contribution is -2.46. The number of aliphatic hydroxyl groups is 1. The highest BCUT2D eigenvalue weighted by atomic mass is 16.3. The van der Waals surface area contributed by atoms with Gasteiger partial charge in [-0.1, -0.05) is 30.4 Å². The van der Waals surface area contributed by atoms with Gasteiger partial charge in [0.15, 0.2) is 5.72 Å². The van der Waals surface area contributed by atoms with Crippen LogP contribution < -0.4 is 0 Å². The van der Waals surface area contributed by atoms with Gasteiger partial charge in [-0.2, -0.15) is 0 Å². The quantitative estimate of drug-likeness (QED) is 0.687. The number of amides is 1. The largest absolute Gasteiger partial charge is 0.365 e. The van der Waals surface area contributed by atoms with Crippen LogP contribution in [0.4, 0.5) is 0 Å². The van der Waals surface area contributed by atoms with E-state index in [0.717, 1.165) is 18.5 Å². The third kappa shape index (κ3) is 1.01. The number of hydrogen-bond donors (Lipinski definition) is 1. The summed E-state index contributed by atoms with van der Waals surface area (Å²) in [5, 5.41) is 11.1. The minimum Gasteiger partial charge on any atom is -0.365 e. The summed E-state index contributed by atoms with van der Waals surface area (Å²) in [6, 6.07) is 7.27. The van der Waals surface area contributed by atoms with Crippen molar-refractivity contribution in [1.82, 2.24) is 9.80 Å². The summed E-state index contributed by atoms with van der Waals surface area (Å²) < 4.78 is 0. The number of benzene rings is 1. The molecule has 4 rings (SSSR count). The van der Waals surface area contributed by atoms with E-state index in [2.05, 4.69) is 11.0 Å². The second-order valence-electron chi connectivity index (χ2n) is 5.12. The minimum atomic E-state index is -1.18. The number of nitrogens with zero attached hydrogens (tertiary/aromatic N) is 2. The van der Waals surface area contributed by atoms with E-state index in [4.69, 9.17) is 0 Å². The molecule has 1 aromatic carbocycles. The van der Waals surface area contributed by atoms with Crippen LogP contribution in [0.15, 0.2) is 36.4 Å². The normalized spacial score (nSPS) is 33.5. The van der Waals surface area contributed by atoms with Crippen molar-refractivity contribution in [3.05, 3.63) is 47.5 Å². The zero-order chi connectivity index (χ0) is 12.3. The van der Waals surface area contributed by atoms with Crippen LogP contribution >= 0.6 is 0 Å². The molecule has 92 valence electrons. The van der Waals surface area contributed by atoms with Crippen molar-refractivity contribution in [1.29, 1.82) is 0 Å². The van der Waals surface area contributed by atoms with Gasteiger partial charge in [0.1, 0.15) is 0 Å². The van der Waals surface area contributed by atoms with E-state index >= 15 is 0 Å². The van der Waals surface area contributed by atoms with Crippen LogP contribution in [0.25, 0.3) is 0 Å². The molecular formula is C14H14N2O2. The van der Waals surface area contributed by atoms with Crippen molar-refractivity contribution in [2.45, 2.75) is 18.2 Å². The van der Waals surface area contributed by atoms with Crippen LogP contribution in [-0.2, 0) is 5.72 Å². The van der Waals surface area contributed by atoms with Gasteiger partial charge in [-0.3, -0.25) is 14.6 Å². The van der Waals surface area contributed by atoms with Crippen molar-refractivity contribution in [2.24, 2.45) is 0 Å². The van der Waals surface area contributed by atoms with E-state index in [1.54, 1.807) is 11.0 Å². The first-order valence-electron chi connectivity index (χ1n) is 6.27. The van der Waals surface area contributed by atoms with E-state index in [-0.39, 0.29) is 11.9 Å². The zero-order valence-corrected chi connectivity index (χ0v) is 9.91. The smallest absolute Gasteiger partial charge is 0.257 e. The molecule has 1 N–H and O–H groups in total. The molecule has 0 aromatic heterocycles. The highest BCUT2D eigenvalue weighted by Crippen LogP contribution is 2.46. The predicted octanol–water partition coefficient (Wildman–Crippen LogP) is 0.889. The summed E-state index contributed by atoms with van der Waals surface area (Å²) in [5.41, 5.74) is 0.206. The Morgan fingerprint density at radius 2 is 2.17 bits per heavy atom. The van der Waals surface area contributed by atoms with Gasteiger partial charge in [-0.05, 0) is 12.5 Å². The first-order chi connectivity index (χ1) is 8.73. The summed E-state index contributed by atoms with van der Waals surface area (Å²) >= 11 is 0.